The summed E-state index contributed by atoms with van der Waals surface area (Å²) in [5.74, 6) is 2.78. The molecule has 0 aliphatic carbocycles. The second-order valence-corrected chi connectivity index (χ2v) is 5.33. The van der Waals surface area contributed by atoms with E-state index in [4.69, 9.17) is 0 Å². The first kappa shape index (κ1) is 13.9. The van der Waals surface area contributed by atoms with Crippen LogP contribution in [0.5, 0.6) is 0 Å². The van der Waals surface area contributed by atoms with Crippen molar-refractivity contribution in [2.24, 2.45) is 7.05 Å². The van der Waals surface area contributed by atoms with Gasteiger partial charge >= 0.3 is 0 Å². The topological polar surface area (TPSA) is 80.6 Å². The Morgan fingerprint density at radius 1 is 1.29 bits per heavy atom. The van der Waals surface area contributed by atoms with Gasteiger partial charge in [-0.05, 0) is 19.9 Å². The summed E-state index contributed by atoms with van der Waals surface area (Å²) in [6, 6.07) is 0. The van der Waals surface area contributed by atoms with Gasteiger partial charge in [0.05, 0.1) is 5.69 Å². The number of fused-ring (bicyclic) bond motifs is 1. The van der Waals surface area contributed by atoms with E-state index in [-0.39, 0.29) is 0 Å². The molecule has 0 aromatic carbocycles. The summed E-state index contributed by atoms with van der Waals surface area (Å²) in [7, 11) is 1.96. The van der Waals surface area contributed by atoms with Crippen molar-refractivity contribution in [1.82, 2.24) is 30.0 Å². The number of anilines is 1. The maximum atomic E-state index is 4.59. The Morgan fingerprint density at radius 2 is 2.14 bits per heavy atom. The Morgan fingerprint density at radius 3 is 2.95 bits per heavy atom. The number of nitrogens with one attached hydrogen (secondary N) is 2. The molecule has 7 heteroatoms. The van der Waals surface area contributed by atoms with Crippen LogP contribution in [0, 0.1) is 6.92 Å². The van der Waals surface area contributed by atoms with E-state index in [1.807, 2.05) is 18.5 Å². The van der Waals surface area contributed by atoms with Crippen molar-refractivity contribution >= 4 is 5.82 Å². The fourth-order valence-corrected chi connectivity index (χ4v) is 2.64. The number of rotatable bonds is 4. The zero-order valence-electron chi connectivity index (χ0n) is 12.6. The van der Waals surface area contributed by atoms with Crippen molar-refractivity contribution in [2.45, 2.75) is 26.2 Å². The van der Waals surface area contributed by atoms with Gasteiger partial charge in [-0.1, -0.05) is 0 Å². The van der Waals surface area contributed by atoms with Gasteiger partial charge in [0.2, 0.25) is 0 Å². The highest BCUT2D eigenvalue weighted by atomic mass is 15.2. The average molecular weight is 287 g/mol. The molecule has 0 amide bonds. The molecule has 0 bridgehead atoms. The smallest absolute Gasteiger partial charge is 0.134 e. The molecule has 3 rings (SSSR count). The second-order valence-electron chi connectivity index (χ2n) is 5.33. The molecule has 1 aliphatic rings. The van der Waals surface area contributed by atoms with Crippen LogP contribution < -0.4 is 10.6 Å². The number of aromatic nitrogens is 5. The molecule has 2 aromatic rings. The van der Waals surface area contributed by atoms with E-state index in [9.17, 15) is 0 Å². The maximum absolute atomic E-state index is 4.59. The minimum Gasteiger partial charge on any atom is -0.369 e. The second kappa shape index (κ2) is 6.17. The molecule has 0 saturated carbocycles. The van der Waals surface area contributed by atoms with Crippen LogP contribution in [-0.2, 0) is 26.3 Å². The summed E-state index contributed by atoms with van der Waals surface area (Å²) < 4.78 is 1.94. The third-order valence-corrected chi connectivity index (χ3v) is 3.74. The van der Waals surface area contributed by atoms with Gasteiger partial charge < -0.3 is 15.2 Å². The molecule has 2 N–H and O–H groups in total. The first-order valence-corrected chi connectivity index (χ1v) is 7.38. The number of nitrogens with zero attached hydrogens (tertiary/aromatic N) is 5. The lowest BCUT2D eigenvalue weighted by Crippen LogP contribution is -2.16. The van der Waals surface area contributed by atoms with Gasteiger partial charge in [-0.3, -0.25) is 0 Å². The van der Waals surface area contributed by atoms with E-state index >= 15 is 0 Å². The molecule has 0 radical (unpaired) electrons. The molecular formula is C14H21N7. The molecule has 0 fully saturated rings. The van der Waals surface area contributed by atoms with Crippen LogP contribution in [0.15, 0.2) is 6.33 Å². The van der Waals surface area contributed by atoms with Crippen LogP contribution in [0.4, 0.5) is 5.82 Å². The Labute approximate surface area is 124 Å². The number of hydrogen-bond donors (Lipinski definition) is 2. The maximum Gasteiger partial charge on any atom is 0.134 e. The summed E-state index contributed by atoms with van der Waals surface area (Å²) in [4.78, 5) is 9.17. The number of hydrogen-bond acceptors (Lipinski definition) is 6. The Bertz CT molecular complexity index is 620. The van der Waals surface area contributed by atoms with Gasteiger partial charge in [0.25, 0.3) is 0 Å². The van der Waals surface area contributed by atoms with Gasteiger partial charge in [-0.15, -0.1) is 10.2 Å². The lowest BCUT2D eigenvalue weighted by atomic mass is 10.1. The average Bonchev–Trinajstić information content (AvgIpc) is 2.73. The highest BCUT2D eigenvalue weighted by Gasteiger charge is 2.15. The zero-order valence-corrected chi connectivity index (χ0v) is 12.6. The zero-order chi connectivity index (χ0) is 14.7. The van der Waals surface area contributed by atoms with E-state index in [0.717, 1.165) is 56.4 Å². The molecule has 0 spiro atoms. The summed E-state index contributed by atoms with van der Waals surface area (Å²) in [6.07, 6.45) is 4.49. The normalized spacial score (nSPS) is 14.6. The van der Waals surface area contributed by atoms with Crippen molar-refractivity contribution in [3.8, 4) is 0 Å². The van der Waals surface area contributed by atoms with Gasteiger partial charge in [0.1, 0.15) is 23.8 Å². The summed E-state index contributed by atoms with van der Waals surface area (Å²) in [5, 5.41) is 14.8. The van der Waals surface area contributed by atoms with Gasteiger partial charge in [0, 0.05) is 38.5 Å². The first-order valence-electron chi connectivity index (χ1n) is 7.38. The van der Waals surface area contributed by atoms with E-state index < -0.39 is 0 Å². The molecular weight excluding hydrogens is 266 g/mol. The third kappa shape index (κ3) is 3.18. The summed E-state index contributed by atoms with van der Waals surface area (Å²) in [5.41, 5.74) is 2.43. The van der Waals surface area contributed by atoms with Gasteiger partial charge in [0.15, 0.2) is 0 Å². The van der Waals surface area contributed by atoms with Crippen LogP contribution in [0.25, 0.3) is 0 Å². The lowest BCUT2D eigenvalue weighted by molar-refractivity contribution is 0.708. The van der Waals surface area contributed by atoms with Crippen molar-refractivity contribution in [3.05, 3.63) is 29.2 Å². The molecule has 112 valence electrons. The van der Waals surface area contributed by atoms with Crippen molar-refractivity contribution in [3.63, 3.8) is 0 Å². The minimum atomic E-state index is 0.794. The van der Waals surface area contributed by atoms with Crippen LogP contribution in [0.3, 0.4) is 0 Å². The Kier molecular flexibility index (Phi) is 4.10. The van der Waals surface area contributed by atoms with E-state index in [0.29, 0.717) is 0 Å². The van der Waals surface area contributed by atoms with E-state index in [1.165, 1.54) is 11.3 Å². The first-order chi connectivity index (χ1) is 10.2. The predicted octanol–water partition coefficient (Wildman–Crippen LogP) is 0.256. The van der Waals surface area contributed by atoms with Crippen LogP contribution in [0.1, 0.15) is 22.9 Å². The Hall–Kier alpha value is -2.02. The molecule has 2 aromatic heterocycles. The molecule has 0 atom stereocenters. The minimum absolute atomic E-state index is 0.794. The summed E-state index contributed by atoms with van der Waals surface area (Å²) >= 11 is 0. The fourth-order valence-electron chi connectivity index (χ4n) is 2.64. The van der Waals surface area contributed by atoms with Crippen molar-refractivity contribution in [1.29, 1.82) is 0 Å². The molecule has 0 unspecified atom stereocenters. The van der Waals surface area contributed by atoms with Gasteiger partial charge in [-0.2, -0.15) is 0 Å². The van der Waals surface area contributed by atoms with E-state index in [1.54, 1.807) is 6.33 Å². The van der Waals surface area contributed by atoms with Crippen LogP contribution >= 0.6 is 0 Å². The molecule has 0 saturated heterocycles. The highest BCUT2D eigenvalue weighted by Crippen LogP contribution is 2.19. The van der Waals surface area contributed by atoms with Crippen molar-refractivity contribution < 1.29 is 0 Å². The molecule has 21 heavy (non-hydrogen) atoms. The monoisotopic (exact) mass is 287 g/mol. The SMILES string of the molecule is Cc1nc2c(c(NCCc3nncn3C)n1)CCNCC2. The van der Waals surface area contributed by atoms with Crippen LogP contribution in [-0.4, -0.2) is 44.4 Å². The standard InChI is InChI=1S/C14H21N7/c1-10-18-12-4-7-15-6-3-11(12)14(19-10)16-8-5-13-20-17-9-21(13)2/h9,15H,3-8H2,1-2H3,(H,16,18,19). The van der Waals surface area contributed by atoms with Crippen LogP contribution in [0.2, 0.25) is 0 Å². The lowest BCUT2D eigenvalue weighted by Gasteiger charge is -2.13. The van der Waals surface area contributed by atoms with Gasteiger partial charge in [-0.25, -0.2) is 9.97 Å². The molecule has 7 nitrogen and oxygen atoms in total. The fraction of sp³-hybridized carbons (Fsp3) is 0.571. The third-order valence-electron chi connectivity index (χ3n) is 3.74. The van der Waals surface area contributed by atoms with Crippen molar-refractivity contribution in [2.75, 3.05) is 25.0 Å². The Balaban J connectivity index is 1.72. The predicted molar refractivity (Wildman–Crippen MR) is 80.2 cm³/mol. The highest BCUT2D eigenvalue weighted by molar-refractivity contribution is 5.47. The largest absolute Gasteiger partial charge is 0.369 e. The molecule has 3 heterocycles. The molecule has 1 aliphatic heterocycles. The summed E-state index contributed by atoms with van der Waals surface area (Å²) in [6.45, 7) is 4.72. The number of aryl methyl sites for hydroxylation is 2. The quantitative estimate of drug-likeness (QED) is 0.839. The van der Waals surface area contributed by atoms with E-state index in [2.05, 4.69) is 30.8 Å².